The van der Waals surface area contributed by atoms with Crippen LogP contribution >= 0.6 is 0 Å². The van der Waals surface area contributed by atoms with Crippen LogP contribution in [0.3, 0.4) is 0 Å². The maximum atomic E-state index is 5.31. The molecule has 0 saturated carbocycles. The maximum absolute atomic E-state index is 5.31. The van der Waals surface area contributed by atoms with Crippen molar-refractivity contribution in [3.63, 3.8) is 0 Å². The highest BCUT2D eigenvalue weighted by Crippen LogP contribution is 2.26. The van der Waals surface area contributed by atoms with E-state index < -0.39 is 0 Å². The number of hydrogen-bond acceptors (Lipinski definition) is 3. The van der Waals surface area contributed by atoms with E-state index in [4.69, 9.17) is 4.74 Å². The minimum Gasteiger partial charge on any atom is -0.497 e. The van der Waals surface area contributed by atoms with Gasteiger partial charge in [0.15, 0.2) is 0 Å². The molecule has 0 bridgehead atoms. The Labute approximate surface area is 104 Å². The van der Waals surface area contributed by atoms with Crippen LogP contribution in [0.2, 0.25) is 0 Å². The van der Waals surface area contributed by atoms with Crippen molar-refractivity contribution in [3.05, 3.63) is 29.3 Å². The van der Waals surface area contributed by atoms with Gasteiger partial charge in [-0.1, -0.05) is 19.9 Å². The Bertz CT molecular complexity index is 376. The fourth-order valence-corrected chi connectivity index (χ4v) is 2.28. The van der Waals surface area contributed by atoms with Crippen molar-refractivity contribution in [2.45, 2.75) is 32.4 Å². The normalized spacial score (nSPS) is 19.2. The first-order chi connectivity index (χ1) is 8.20. The molecule has 3 heteroatoms. The summed E-state index contributed by atoms with van der Waals surface area (Å²) >= 11 is 0. The fourth-order valence-electron chi connectivity index (χ4n) is 2.28. The van der Waals surface area contributed by atoms with Crippen molar-refractivity contribution in [1.82, 2.24) is 10.6 Å². The Hall–Kier alpha value is -1.06. The molecule has 17 heavy (non-hydrogen) atoms. The Kier molecular flexibility index (Phi) is 4.02. The van der Waals surface area contributed by atoms with Crippen molar-refractivity contribution in [1.29, 1.82) is 0 Å². The van der Waals surface area contributed by atoms with Crippen LogP contribution in [-0.2, 0) is 6.42 Å². The molecule has 0 amide bonds. The zero-order chi connectivity index (χ0) is 12.3. The number of fused-ring (bicyclic) bond motifs is 1. The van der Waals surface area contributed by atoms with Crippen LogP contribution in [0, 0.1) is 0 Å². The third kappa shape index (κ3) is 2.99. The molecule has 1 aromatic rings. The smallest absolute Gasteiger partial charge is 0.119 e. The summed E-state index contributed by atoms with van der Waals surface area (Å²) in [6.07, 6.45) is 1.11. The Morgan fingerprint density at radius 1 is 1.47 bits per heavy atom. The maximum Gasteiger partial charge on any atom is 0.119 e. The lowest BCUT2D eigenvalue weighted by Crippen LogP contribution is -2.38. The van der Waals surface area contributed by atoms with Gasteiger partial charge in [-0.25, -0.2) is 0 Å². The second-order valence-corrected chi connectivity index (χ2v) is 4.88. The van der Waals surface area contributed by atoms with E-state index in [2.05, 4.69) is 42.7 Å². The monoisotopic (exact) mass is 234 g/mol. The van der Waals surface area contributed by atoms with Gasteiger partial charge in [0.2, 0.25) is 0 Å². The number of nitrogens with one attached hydrogen (secondary N) is 2. The zero-order valence-electron chi connectivity index (χ0n) is 10.9. The van der Waals surface area contributed by atoms with Gasteiger partial charge in [0.1, 0.15) is 5.75 Å². The van der Waals surface area contributed by atoms with Gasteiger partial charge in [-0.2, -0.15) is 0 Å². The van der Waals surface area contributed by atoms with Gasteiger partial charge in [-0.3, -0.25) is 0 Å². The molecule has 1 aliphatic heterocycles. The van der Waals surface area contributed by atoms with Gasteiger partial charge in [-0.05, 0) is 36.2 Å². The lowest BCUT2D eigenvalue weighted by molar-refractivity contribution is 0.408. The highest BCUT2D eigenvalue weighted by Gasteiger charge is 2.19. The molecule has 0 saturated heterocycles. The van der Waals surface area contributed by atoms with Crippen LogP contribution in [0.15, 0.2) is 18.2 Å². The van der Waals surface area contributed by atoms with E-state index in [1.54, 1.807) is 7.11 Å². The van der Waals surface area contributed by atoms with Crippen LogP contribution in [0.4, 0.5) is 0 Å². The zero-order valence-corrected chi connectivity index (χ0v) is 10.9. The van der Waals surface area contributed by atoms with Crippen molar-refractivity contribution in [2.75, 3.05) is 20.2 Å². The number of benzene rings is 1. The molecule has 0 aliphatic carbocycles. The molecule has 94 valence electrons. The minimum absolute atomic E-state index is 0.399. The first-order valence-electron chi connectivity index (χ1n) is 6.34. The molecule has 0 spiro atoms. The summed E-state index contributed by atoms with van der Waals surface area (Å²) in [5.41, 5.74) is 2.82. The fraction of sp³-hybridized carbons (Fsp3) is 0.571. The van der Waals surface area contributed by atoms with Crippen LogP contribution in [0.5, 0.6) is 5.75 Å². The number of ether oxygens (including phenoxy) is 1. The second-order valence-electron chi connectivity index (χ2n) is 4.88. The van der Waals surface area contributed by atoms with Crippen LogP contribution in [0.25, 0.3) is 0 Å². The molecule has 0 fully saturated rings. The molecule has 3 nitrogen and oxygen atoms in total. The van der Waals surface area contributed by atoms with Crippen molar-refractivity contribution < 1.29 is 4.74 Å². The van der Waals surface area contributed by atoms with Gasteiger partial charge in [0.25, 0.3) is 0 Å². The molecule has 2 N–H and O–H groups in total. The average Bonchev–Trinajstić information content (AvgIpc) is 2.35. The van der Waals surface area contributed by atoms with Crippen molar-refractivity contribution >= 4 is 0 Å². The summed E-state index contributed by atoms with van der Waals surface area (Å²) in [5, 5.41) is 7.05. The van der Waals surface area contributed by atoms with E-state index in [0.717, 1.165) is 25.3 Å². The summed E-state index contributed by atoms with van der Waals surface area (Å²) in [6.45, 7) is 6.38. The highest BCUT2D eigenvalue weighted by molar-refractivity contribution is 5.39. The SMILES string of the molecule is COc1ccc2c(c1)C(CNC(C)C)NCC2. The number of rotatable bonds is 4. The van der Waals surface area contributed by atoms with Crippen molar-refractivity contribution in [2.24, 2.45) is 0 Å². The first-order valence-corrected chi connectivity index (χ1v) is 6.34. The van der Waals surface area contributed by atoms with Gasteiger partial charge in [-0.15, -0.1) is 0 Å². The highest BCUT2D eigenvalue weighted by atomic mass is 16.5. The van der Waals surface area contributed by atoms with Crippen LogP contribution < -0.4 is 15.4 Å². The van der Waals surface area contributed by atoms with Gasteiger partial charge in [0, 0.05) is 18.6 Å². The average molecular weight is 234 g/mol. The Morgan fingerprint density at radius 3 is 3.00 bits per heavy atom. The largest absolute Gasteiger partial charge is 0.497 e. The first kappa shape index (κ1) is 12.4. The number of hydrogen-bond donors (Lipinski definition) is 2. The lowest BCUT2D eigenvalue weighted by Gasteiger charge is -2.28. The molecular weight excluding hydrogens is 212 g/mol. The second kappa shape index (κ2) is 5.52. The van der Waals surface area contributed by atoms with E-state index in [-0.39, 0.29) is 0 Å². The minimum atomic E-state index is 0.399. The van der Waals surface area contributed by atoms with Gasteiger partial charge in [0.05, 0.1) is 7.11 Å². The molecular formula is C14H22N2O. The molecule has 1 unspecified atom stereocenters. The van der Waals surface area contributed by atoms with E-state index in [0.29, 0.717) is 12.1 Å². The summed E-state index contributed by atoms with van der Waals surface area (Å²) in [4.78, 5) is 0. The third-order valence-electron chi connectivity index (χ3n) is 3.24. The van der Waals surface area contributed by atoms with Gasteiger partial charge < -0.3 is 15.4 Å². The van der Waals surface area contributed by atoms with E-state index in [1.807, 2.05) is 0 Å². The predicted octanol–water partition coefficient (Wildman–Crippen LogP) is 1.88. The summed E-state index contributed by atoms with van der Waals surface area (Å²) in [7, 11) is 1.72. The van der Waals surface area contributed by atoms with Crippen LogP contribution in [-0.4, -0.2) is 26.2 Å². The molecule has 1 atom stereocenters. The third-order valence-corrected chi connectivity index (χ3v) is 3.24. The molecule has 2 rings (SSSR count). The predicted molar refractivity (Wildman–Crippen MR) is 70.6 cm³/mol. The van der Waals surface area contributed by atoms with Crippen LogP contribution in [0.1, 0.15) is 31.0 Å². The summed E-state index contributed by atoms with van der Waals surface area (Å²) < 4.78 is 5.31. The topological polar surface area (TPSA) is 33.3 Å². The van der Waals surface area contributed by atoms with Crippen molar-refractivity contribution in [3.8, 4) is 5.75 Å². The molecule has 1 aromatic carbocycles. The standard InChI is InChI=1S/C14H22N2O/c1-10(2)16-9-14-13-8-12(17-3)5-4-11(13)6-7-15-14/h4-5,8,10,14-16H,6-7,9H2,1-3H3. The quantitative estimate of drug-likeness (QED) is 0.834. The van der Waals surface area contributed by atoms with E-state index >= 15 is 0 Å². The summed E-state index contributed by atoms with van der Waals surface area (Å²) in [6, 6.07) is 7.33. The molecule has 1 aliphatic rings. The Balaban J connectivity index is 2.16. The summed E-state index contributed by atoms with van der Waals surface area (Å²) in [5.74, 6) is 0.946. The van der Waals surface area contributed by atoms with E-state index in [9.17, 15) is 0 Å². The molecule has 0 aromatic heterocycles. The van der Waals surface area contributed by atoms with E-state index in [1.165, 1.54) is 11.1 Å². The Morgan fingerprint density at radius 2 is 2.29 bits per heavy atom. The number of methoxy groups -OCH3 is 1. The van der Waals surface area contributed by atoms with Gasteiger partial charge >= 0.3 is 0 Å². The molecule has 0 radical (unpaired) electrons. The lowest BCUT2D eigenvalue weighted by atomic mass is 9.94. The molecule has 1 heterocycles.